The van der Waals surface area contributed by atoms with Crippen molar-refractivity contribution in [3.05, 3.63) is 34.3 Å². The molecule has 120 valence electrons. The van der Waals surface area contributed by atoms with Gasteiger partial charge in [-0.05, 0) is 30.5 Å². The molecule has 1 aliphatic rings. The van der Waals surface area contributed by atoms with E-state index in [4.69, 9.17) is 5.73 Å². The topological polar surface area (TPSA) is 84.2 Å². The maximum Gasteiger partial charge on any atom is 0.239 e. The fraction of sp³-hybridized carbons (Fsp3) is 0.500. The minimum absolute atomic E-state index is 0.00817. The summed E-state index contributed by atoms with van der Waals surface area (Å²) in [5.41, 5.74) is 6.46. The van der Waals surface area contributed by atoms with Crippen LogP contribution in [0.15, 0.2) is 28.7 Å². The SMILES string of the molecule is NCC(=O)NCC(=O)NCC1(c2ccc(Br)cc2)CCCC1. The molecule has 0 radical (unpaired) electrons. The minimum atomic E-state index is -0.321. The van der Waals surface area contributed by atoms with Gasteiger partial charge in [0.05, 0.1) is 13.1 Å². The number of benzene rings is 1. The van der Waals surface area contributed by atoms with E-state index >= 15 is 0 Å². The van der Waals surface area contributed by atoms with Crippen LogP contribution >= 0.6 is 15.9 Å². The molecule has 0 spiro atoms. The molecular weight excluding hydrogens is 346 g/mol. The third kappa shape index (κ3) is 4.30. The van der Waals surface area contributed by atoms with Gasteiger partial charge in [-0.15, -0.1) is 0 Å². The molecule has 1 saturated carbocycles. The number of hydrogen-bond acceptors (Lipinski definition) is 3. The lowest BCUT2D eigenvalue weighted by Crippen LogP contribution is -2.44. The number of rotatable bonds is 6. The third-order valence-electron chi connectivity index (χ3n) is 4.27. The zero-order valence-corrected chi connectivity index (χ0v) is 14.1. The zero-order chi connectivity index (χ0) is 16.0. The maximum atomic E-state index is 11.9. The predicted octanol–water partition coefficient (Wildman–Crippen LogP) is 1.45. The second kappa shape index (κ2) is 7.74. The van der Waals surface area contributed by atoms with E-state index in [9.17, 15) is 9.59 Å². The molecule has 22 heavy (non-hydrogen) atoms. The number of carbonyl (C=O) groups is 2. The van der Waals surface area contributed by atoms with Gasteiger partial charge in [-0.3, -0.25) is 9.59 Å². The molecule has 2 rings (SSSR count). The van der Waals surface area contributed by atoms with Crippen LogP contribution in [0.3, 0.4) is 0 Å². The molecular formula is C16H22BrN3O2. The highest BCUT2D eigenvalue weighted by atomic mass is 79.9. The summed E-state index contributed by atoms with van der Waals surface area (Å²) in [5, 5.41) is 5.44. The standard InChI is InChI=1S/C16H22BrN3O2/c17-13-5-3-12(4-6-13)16(7-1-2-8-16)11-20-15(22)10-19-14(21)9-18/h3-6H,1-2,7-11,18H2,(H,19,21)(H,20,22). The summed E-state index contributed by atoms with van der Waals surface area (Å²) in [6, 6.07) is 8.33. The van der Waals surface area contributed by atoms with Crippen molar-refractivity contribution in [2.75, 3.05) is 19.6 Å². The summed E-state index contributed by atoms with van der Waals surface area (Å²) < 4.78 is 1.05. The highest BCUT2D eigenvalue weighted by Crippen LogP contribution is 2.40. The number of nitrogens with two attached hydrogens (primary N) is 1. The lowest BCUT2D eigenvalue weighted by atomic mass is 9.79. The van der Waals surface area contributed by atoms with Gasteiger partial charge in [0.2, 0.25) is 11.8 Å². The van der Waals surface area contributed by atoms with Crippen LogP contribution in [0.2, 0.25) is 0 Å². The van der Waals surface area contributed by atoms with E-state index < -0.39 is 0 Å². The first-order valence-corrected chi connectivity index (χ1v) is 8.34. The number of halogens is 1. The molecule has 0 saturated heterocycles. The van der Waals surface area contributed by atoms with Crippen molar-refractivity contribution < 1.29 is 9.59 Å². The average molecular weight is 368 g/mol. The molecule has 0 atom stereocenters. The van der Waals surface area contributed by atoms with Crippen molar-refractivity contribution in [3.8, 4) is 0 Å². The normalized spacial score (nSPS) is 16.3. The molecule has 0 unspecified atom stereocenters. The molecule has 4 N–H and O–H groups in total. The zero-order valence-electron chi connectivity index (χ0n) is 12.5. The molecule has 0 aromatic heterocycles. The Balaban J connectivity index is 1.96. The van der Waals surface area contributed by atoms with E-state index in [1.807, 2.05) is 12.1 Å². The molecule has 1 aromatic carbocycles. The molecule has 1 aliphatic carbocycles. The first kappa shape index (κ1) is 17.0. The monoisotopic (exact) mass is 367 g/mol. The summed E-state index contributed by atoms with van der Waals surface area (Å²) in [5.74, 6) is -0.496. The Bertz CT molecular complexity index is 525. The first-order chi connectivity index (χ1) is 10.6. The van der Waals surface area contributed by atoms with Gasteiger partial charge >= 0.3 is 0 Å². The van der Waals surface area contributed by atoms with Crippen molar-refractivity contribution in [1.82, 2.24) is 10.6 Å². The fourth-order valence-corrected chi connectivity index (χ4v) is 3.27. The molecule has 0 bridgehead atoms. The van der Waals surface area contributed by atoms with Crippen LogP contribution in [-0.2, 0) is 15.0 Å². The highest BCUT2D eigenvalue weighted by Gasteiger charge is 2.35. The van der Waals surface area contributed by atoms with Crippen LogP contribution in [0.5, 0.6) is 0 Å². The van der Waals surface area contributed by atoms with E-state index in [0.29, 0.717) is 6.54 Å². The van der Waals surface area contributed by atoms with E-state index in [2.05, 4.69) is 38.7 Å². The molecule has 1 aromatic rings. The number of hydrogen-bond donors (Lipinski definition) is 3. The van der Waals surface area contributed by atoms with Crippen molar-refractivity contribution in [1.29, 1.82) is 0 Å². The summed E-state index contributed by atoms with van der Waals surface area (Å²) >= 11 is 3.45. The molecule has 5 nitrogen and oxygen atoms in total. The average Bonchev–Trinajstić information content (AvgIpc) is 3.01. The number of nitrogens with one attached hydrogen (secondary N) is 2. The number of amides is 2. The van der Waals surface area contributed by atoms with Gasteiger partial charge in [0.15, 0.2) is 0 Å². The first-order valence-electron chi connectivity index (χ1n) is 7.55. The minimum Gasteiger partial charge on any atom is -0.354 e. The summed E-state index contributed by atoms with van der Waals surface area (Å²) in [7, 11) is 0. The summed E-state index contributed by atoms with van der Waals surface area (Å²) in [4.78, 5) is 22.9. The van der Waals surface area contributed by atoms with Crippen LogP contribution in [0.4, 0.5) is 0 Å². The maximum absolute atomic E-state index is 11.9. The van der Waals surface area contributed by atoms with Crippen LogP contribution < -0.4 is 16.4 Å². The van der Waals surface area contributed by atoms with Gasteiger partial charge in [-0.1, -0.05) is 40.9 Å². The Morgan fingerprint density at radius 1 is 1.09 bits per heavy atom. The van der Waals surface area contributed by atoms with Crippen LogP contribution in [0.1, 0.15) is 31.2 Å². The molecule has 1 fully saturated rings. The second-order valence-electron chi connectivity index (χ2n) is 5.75. The number of carbonyl (C=O) groups excluding carboxylic acids is 2. The molecule has 0 aliphatic heterocycles. The van der Waals surface area contributed by atoms with Gasteiger partial charge in [0, 0.05) is 16.4 Å². The van der Waals surface area contributed by atoms with Gasteiger partial charge in [-0.25, -0.2) is 0 Å². The van der Waals surface area contributed by atoms with Crippen molar-refractivity contribution in [2.45, 2.75) is 31.1 Å². The second-order valence-corrected chi connectivity index (χ2v) is 6.67. The Labute approximate surface area is 139 Å². The van der Waals surface area contributed by atoms with Crippen LogP contribution in [0.25, 0.3) is 0 Å². The Hall–Kier alpha value is -1.40. The highest BCUT2D eigenvalue weighted by molar-refractivity contribution is 9.10. The van der Waals surface area contributed by atoms with Crippen LogP contribution in [0, 0.1) is 0 Å². The molecule has 0 heterocycles. The molecule has 2 amide bonds. The van der Waals surface area contributed by atoms with Crippen molar-refractivity contribution in [2.24, 2.45) is 5.73 Å². The summed E-state index contributed by atoms with van der Waals surface area (Å²) in [6.45, 7) is 0.481. The van der Waals surface area contributed by atoms with Crippen molar-refractivity contribution in [3.63, 3.8) is 0 Å². The largest absolute Gasteiger partial charge is 0.354 e. The van der Waals surface area contributed by atoms with Gasteiger partial charge in [0.1, 0.15) is 0 Å². The Kier molecular flexibility index (Phi) is 5.97. The quantitative estimate of drug-likeness (QED) is 0.711. The fourth-order valence-electron chi connectivity index (χ4n) is 3.00. The lowest BCUT2D eigenvalue weighted by molar-refractivity contribution is -0.125. The predicted molar refractivity (Wildman–Crippen MR) is 89.4 cm³/mol. The van der Waals surface area contributed by atoms with Crippen LogP contribution in [-0.4, -0.2) is 31.4 Å². The van der Waals surface area contributed by atoms with E-state index in [1.165, 1.54) is 18.4 Å². The van der Waals surface area contributed by atoms with Gasteiger partial charge in [0.25, 0.3) is 0 Å². The smallest absolute Gasteiger partial charge is 0.239 e. The van der Waals surface area contributed by atoms with Crippen molar-refractivity contribution >= 4 is 27.7 Å². The van der Waals surface area contributed by atoms with Gasteiger partial charge in [-0.2, -0.15) is 0 Å². The van der Waals surface area contributed by atoms with Gasteiger partial charge < -0.3 is 16.4 Å². The Morgan fingerprint density at radius 2 is 1.73 bits per heavy atom. The van der Waals surface area contributed by atoms with E-state index in [-0.39, 0.29) is 30.3 Å². The summed E-state index contributed by atoms with van der Waals surface area (Å²) in [6.07, 6.45) is 4.50. The Morgan fingerprint density at radius 3 is 2.32 bits per heavy atom. The lowest BCUT2D eigenvalue weighted by Gasteiger charge is -2.30. The molecule has 6 heteroatoms. The van der Waals surface area contributed by atoms with E-state index in [0.717, 1.165) is 17.3 Å². The van der Waals surface area contributed by atoms with E-state index in [1.54, 1.807) is 0 Å². The third-order valence-corrected chi connectivity index (χ3v) is 4.80.